The van der Waals surface area contributed by atoms with Gasteiger partial charge in [0, 0.05) is 18.9 Å². The molecule has 2 aromatic rings. The number of hydrogen-bond acceptors (Lipinski definition) is 3. The van der Waals surface area contributed by atoms with E-state index in [4.69, 9.17) is 0 Å². The maximum atomic E-state index is 4.32. The lowest BCUT2D eigenvalue weighted by molar-refractivity contribution is 0.742. The van der Waals surface area contributed by atoms with Crippen LogP contribution in [-0.2, 0) is 7.05 Å². The van der Waals surface area contributed by atoms with Crippen molar-refractivity contribution in [2.24, 2.45) is 7.05 Å². The molecule has 72 valence electrons. The highest BCUT2D eigenvalue weighted by Crippen LogP contribution is 2.14. The van der Waals surface area contributed by atoms with Gasteiger partial charge in [-0.15, -0.1) is 0 Å². The summed E-state index contributed by atoms with van der Waals surface area (Å²) >= 11 is 0. The Bertz CT molecular complexity index is 422. The predicted molar refractivity (Wildman–Crippen MR) is 53.7 cm³/mol. The van der Waals surface area contributed by atoms with Crippen molar-refractivity contribution in [3.05, 3.63) is 29.8 Å². The van der Waals surface area contributed by atoms with Gasteiger partial charge in [-0.25, -0.2) is 0 Å². The van der Waals surface area contributed by atoms with Crippen LogP contribution in [-0.4, -0.2) is 19.7 Å². The second-order valence-electron chi connectivity index (χ2n) is 3.34. The fourth-order valence-electron chi connectivity index (χ4n) is 1.21. The lowest BCUT2D eigenvalue weighted by atomic mass is 10.3. The zero-order valence-electron chi connectivity index (χ0n) is 8.52. The lowest BCUT2D eigenvalue weighted by Gasteiger charge is -1.94. The Labute approximate surface area is 82.6 Å². The molecule has 0 N–H and O–H groups in total. The Kier molecular flexibility index (Phi) is 2.04. The van der Waals surface area contributed by atoms with Gasteiger partial charge < -0.3 is 0 Å². The third-order valence-corrected chi connectivity index (χ3v) is 2.16. The Morgan fingerprint density at radius 2 is 1.86 bits per heavy atom. The Morgan fingerprint density at radius 1 is 1.07 bits per heavy atom. The third-order valence-electron chi connectivity index (χ3n) is 2.16. The van der Waals surface area contributed by atoms with E-state index in [1.807, 2.05) is 31.6 Å². The van der Waals surface area contributed by atoms with E-state index < -0.39 is 0 Å². The van der Waals surface area contributed by atoms with Crippen molar-refractivity contribution in [3.63, 3.8) is 0 Å². The zero-order valence-corrected chi connectivity index (χ0v) is 8.52. The summed E-state index contributed by atoms with van der Waals surface area (Å²) in [6.07, 6.45) is 3.50. The minimum Gasteiger partial charge on any atom is -0.272 e. The van der Waals surface area contributed by atoms with E-state index in [9.17, 15) is 0 Å². The molecule has 0 spiro atoms. The summed E-state index contributed by atoms with van der Waals surface area (Å²) in [5.41, 5.74) is 3.72. The minimum atomic E-state index is 0.819. The van der Waals surface area contributed by atoms with Crippen molar-refractivity contribution in [3.8, 4) is 11.4 Å². The molecular weight excluding hydrogens is 176 g/mol. The molecule has 0 aromatic carbocycles. The van der Waals surface area contributed by atoms with Gasteiger partial charge in [0.05, 0.1) is 11.9 Å². The topological polar surface area (TPSA) is 43.6 Å². The third kappa shape index (κ3) is 1.51. The van der Waals surface area contributed by atoms with Gasteiger partial charge in [-0.2, -0.15) is 5.10 Å². The molecule has 0 aliphatic heterocycles. The SMILES string of the molecule is Cc1cnc(-c2cc(C)n(C)n2)cn1. The predicted octanol–water partition coefficient (Wildman–Crippen LogP) is 1.49. The quantitative estimate of drug-likeness (QED) is 0.681. The van der Waals surface area contributed by atoms with Crippen LogP contribution in [0.25, 0.3) is 11.4 Å². The molecule has 0 bridgehead atoms. The van der Waals surface area contributed by atoms with Crippen molar-refractivity contribution in [2.45, 2.75) is 13.8 Å². The molecule has 0 fully saturated rings. The average Bonchev–Trinajstić information content (AvgIpc) is 2.48. The van der Waals surface area contributed by atoms with Crippen LogP contribution in [0.15, 0.2) is 18.5 Å². The fraction of sp³-hybridized carbons (Fsp3) is 0.300. The molecule has 0 saturated carbocycles. The molecule has 0 amide bonds. The number of aryl methyl sites for hydroxylation is 3. The van der Waals surface area contributed by atoms with Crippen LogP contribution in [0, 0.1) is 13.8 Å². The molecule has 0 saturated heterocycles. The van der Waals surface area contributed by atoms with E-state index in [1.54, 1.807) is 12.4 Å². The van der Waals surface area contributed by atoms with Crippen LogP contribution in [0.4, 0.5) is 0 Å². The van der Waals surface area contributed by atoms with Gasteiger partial charge in [-0.1, -0.05) is 0 Å². The molecule has 2 aromatic heterocycles. The summed E-state index contributed by atoms with van der Waals surface area (Å²) in [5, 5.41) is 4.32. The number of nitrogens with zero attached hydrogens (tertiary/aromatic N) is 4. The molecule has 4 nitrogen and oxygen atoms in total. The first-order chi connectivity index (χ1) is 6.66. The van der Waals surface area contributed by atoms with E-state index in [1.165, 1.54) is 0 Å². The number of aromatic nitrogens is 4. The molecular formula is C10H12N4. The van der Waals surface area contributed by atoms with Crippen molar-refractivity contribution in [1.29, 1.82) is 0 Å². The van der Waals surface area contributed by atoms with E-state index in [-0.39, 0.29) is 0 Å². The standard InChI is InChI=1S/C10H12N4/c1-7-5-12-10(6-11-7)9-4-8(2)14(3)13-9/h4-6H,1-3H3. The summed E-state index contributed by atoms with van der Waals surface area (Å²) in [4.78, 5) is 8.45. The van der Waals surface area contributed by atoms with Crippen molar-refractivity contribution < 1.29 is 0 Å². The van der Waals surface area contributed by atoms with Crippen LogP contribution < -0.4 is 0 Å². The molecule has 0 unspecified atom stereocenters. The first kappa shape index (κ1) is 8.87. The van der Waals surface area contributed by atoms with Crippen LogP contribution in [0.3, 0.4) is 0 Å². The number of hydrogen-bond donors (Lipinski definition) is 0. The summed E-state index contributed by atoms with van der Waals surface area (Å²) in [7, 11) is 1.92. The Hall–Kier alpha value is -1.71. The molecule has 14 heavy (non-hydrogen) atoms. The fourth-order valence-corrected chi connectivity index (χ4v) is 1.21. The van der Waals surface area contributed by atoms with Crippen LogP contribution in [0.5, 0.6) is 0 Å². The number of rotatable bonds is 1. The normalized spacial score (nSPS) is 10.5. The highest BCUT2D eigenvalue weighted by atomic mass is 15.3. The highest BCUT2D eigenvalue weighted by Gasteiger charge is 2.05. The summed E-state index contributed by atoms with van der Waals surface area (Å²) in [6, 6.07) is 2.00. The van der Waals surface area contributed by atoms with E-state index in [0.29, 0.717) is 0 Å². The molecule has 2 heterocycles. The van der Waals surface area contributed by atoms with Crippen LogP contribution in [0.1, 0.15) is 11.4 Å². The maximum absolute atomic E-state index is 4.32. The lowest BCUT2D eigenvalue weighted by Crippen LogP contribution is -1.93. The van der Waals surface area contributed by atoms with E-state index in [2.05, 4.69) is 15.1 Å². The van der Waals surface area contributed by atoms with Crippen molar-refractivity contribution in [1.82, 2.24) is 19.7 Å². The van der Waals surface area contributed by atoms with E-state index >= 15 is 0 Å². The average molecular weight is 188 g/mol. The molecule has 0 aliphatic rings. The molecule has 4 heteroatoms. The van der Waals surface area contributed by atoms with Gasteiger partial charge in [-0.3, -0.25) is 14.6 Å². The monoisotopic (exact) mass is 188 g/mol. The second-order valence-corrected chi connectivity index (χ2v) is 3.34. The van der Waals surface area contributed by atoms with Gasteiger partial charge in [-0.05, 0) is 19.9 Å². The van der Waals surface area contributed by atoms with Gasteiger partial charge in [0.2, 0.25) is 0 Å². The first-order valence-electron chi connectivity index (χ1n) is 4.46. The largest absolute Gasteiger partial charge is 0.272 e. The highest BCUT2D eigenvalue weighted by molar-refractivity contribution is 5.52. The molecule has 0 aliphatic carbocycles. The minimum absolute atomic E-state index is 0.819. The van der Waals surface area contributed by atoms with E-state index in [0.717, 1.165) is 22.8 Å². The summed E-state index contributed by atoms with van der Waals surface area (Å²) in [6.45, 7) is 3.93. The summed E-state index contributed by atoms with van der Waals surface area (Å²) < 4.78 is 1.83. The van der Waals surface area contributed by atoms with Gasteiger partial charge in [0.1, 0.15) is 11.4 Å². The summed E-state index contributed by atoms with van der Waals surface area (Å²) in [5.74, 6) is 0. The smallest absolute Gasteiger partial charge is 0.113 e. The second kappa shape index (κ2) is 3.21. The van der Waals surface area contributed by atoms with Crippen molar-refractivity contribution >= 4 is 0 Å². The Balaban J connectivity index is 2.44. The molecule has 0 radical (unpaired) electrons. The first-order valence-corrected chi connectivity index (χ1v) is 4.46. The van der Waals surface area contributed by atoms with Crippen molar-refractivity contribution in [2.75, 3.05) is 0 Å². The maximum Gasteiger partial charge on any atom is 0.113 e. The van der Waals surface area contributed by atoms with Gasteiger partial charge >= 0.3 is 0 Å². The van der Waals surface area contributed by atoms with Gasteiger partial charge in [0.25, 0.3) is 0 Å². The van der Waals surface area contributed by atoms with Crippen LogP contribution >= 0.6 is 0 Å². The molecule has 0 atom stereocenters. The van der Waals surface area contributed by atoms with Gasteiger partial charge in [0.15, 0.2) is 0 Å². The zero-order chi connectivity index (χ0) is 10.1. The Morgan fingerprint density at radius 3 is 2.36 bits per heavy atom. The van der Waals surface area contributed by atoms with Crippen LogP contribution in [0.2, 0.25) is 0 Å². The molecule has 2 rings (SSSR count).